The van der Waals surface area contributed by atoms with Gasteiger partial charge in [0.2, 0.25) is 0 Å². The second-order valence-corrected chi connectivity index (χ2v) is 7.05. The quantitative estimate of drug-likeness (QED) is 0.607. The molecule has 0 aliphatic carbocycles. The highest BCUT2D eigenvalue weighted by Gasteiger charge is 2.15. The molecule has 0 saturated carbocycles. The summed E-state index contributed by atoms with van der Waals surface area (Å²) < 4.78 is 12.0. The minimum atomic E-state index is -0.422. The maximum absolute atomic E-state index is 12.6. The molecular weight excluding hydrogens is 392 g/mol. The van der Waals surface area contributed by atoms with Crippen molar-refractivity contribution in [3.8, 4) is 22.8 Å². The van der Waals surface area contributed by atoms with Gasteiger partial charge < -0.3 is 9.47 Å². The smallest absolute Gasteiger partial charge is 0.277 e. The van der Waals surface area contributed by atoms with E-state index < -0.39 is 5.91 Å². The standard InChI is InChI=1S/C20H22N4O4S/c1-4-5-10-24-18(25)9-7-15(23-24)19(26)22-20-21-16(12-29-20)14-11-13(27-2)6-8-17(14)28-3/h6-9,11-12H,4-5,10H2,1-3H3,(H,21,22,26). The number of aryl methyl sites for hydroxylation is 1. The Kier molecular flexibility index (Phi) is 6.61. The van der Waals surface area contributed by atoms with Crippen molar-refractivity contribution in [2.75, 3.05) is 19.5 Å². The van der Waals surface area contributed by atoms with E-state index in [-0.39, 0.29) is 11.3 Å². The number of hydrogen-bond donors (Lipinski definition) is 1. The maximum Gasteiger partial charge on any atom is 0.277 e. The van der Waals surface area contributed by atoms with Crippen LogP contribution in [0.15, 0.2) is 40.5 Å². The van der Waals surface area contributed by atoms with Gasteiger partial charge in [-0.2, -0.15) is 5.10 Å². The van der Waals surface area contributed by atoms with E-state index in [1.807, 2.05) is 18.4 Å². The van der Waals surface area contributed by atoms with Gasteiger partial charge in [-0.25, -0.2) is 9.67 Å². The van der Waals surface area contributed by atoms with Crippen molar-refractivity contribution in [2.45, 2.75) is 26.3 Å². The molecule has 0 aliphatic heterocycles. The van der Waals surface area contributed by atoms with Gasteiger partial charge in [0.15, 0.2) is 5.13 Å². The zero-order valence-electron chi connectivity index (χ0n) is 16.5. The molecule has 0 saturated heterocycles. The largest absolute Gasteiger partial charge is 0.497 e. The van der Waals surface area contributed by atoms with Crippen molar-refractivity contribution in [1.82, 2.24) is 14.8 Å². The molecule has 9 heteroatoms. The van der Waals surface area contributed by atoms with Crippen LogP contribution in [0.25, 0.3) is 11.3 Å². The van der Waals surface area contributed by atoms with E-state index in [2.05, 4.69) is 15.4 Å². The Morgan fingerprint density at radius 3 is 2.76 bits per heavy atom. The number of anilines is 1. The number of rotatable bonds is 8. The Hall–Kier alpha value is -3.20. The van der Waals surface area contributed by atoms with Crippen LogP contribution in [0.2, 0.25) is 0 Å². The van der Waals surface area contributed by atoms with E-state index in [1.54, 1.807) is 26.4 Å². The first-order valence-corrected chi connectivity index (χ1v) is 10.0. The molecule has 29 heavy (non-hydrogen) atoms. The van der Waals surface area contributed by atoms with Crippen LogP contribution in [0.4, 0.5) is 5.13 Å². The number of nitrogens with one attached hydrogen (secondary N) is 1. The van der Waals surface area contributed by atoms with Crippen molar-refractivity contribution in [3.05, 3.63) is 51.8 Å². The molecule has 3 aromatic rings. The molecule has 0 aliphatic rings. The molecular formula is C20H22N4O4S. The van der Waals surface area contributed by atoms with Crippen LogP contribution in [0, 0.1) is 0 Å². The van der Waals surface area contributed by atoms with Crippen LogP contribution < -0.4 is 20.3 Å². The average molecular weight is 414 g/mol. The van der Waals surface area contributed by atoms with Crippen LogP contribution in [-0.4, -0.2) is 34.9 Å². The fourth-order valence-electron chi connectivity index (χ4n) is 2.67. The number of unbranched alkanes of at least 4 members (excludes halogenated alkanes) is 1. The van der Waals surface area contributed by atoms with E-state index in [1.165, 1.54) is 28.2 Å². The molecule has 0 atom stereocenters. The lowest BCUT2D eigenvalue weighted by Gasteiger charge is -2.08. The molecule has 1 N–H and O–H groups in total. The molecule has 8 nitrogen and oxygen atoms in total. The van der Waals surface area contributed by atoms with Crippen LogP contribution in [0.1, 0.15) is 30.3 Å². The van der Waals surface area contributed by atoms with Gasteiger partial charge >= 0.3 is 0 Å². The first kappa shape index (κ1) is 20.5. The summed E-state index contributed by atoms with van der Waals surface area (Å²) in [7, 11) is 3.17. The number of nitrogens with zero attached hydrogens (tertiary/aromatic N) is 3. The summed E-state index contributed by atoms with van der Waals surface area (Å²) in [6, 6.07) is 8.20. The van der Waals surface area contributed by atoms with Gasteiger partial charge in [-0.15, -0.1) is 11.3 Å². The summed E-state index contributed by atoms with van der Waals surface area (Å²) in [5, 5.41) is 9.13. The molecule has 2 aromatic heterocycles. The number of ether oxygens (including phenoxy) is 2. The van der Waals surface area contributed by atoms with Gasteiger partial charge in [-0.3, -0.25) is 14.9 Å². The van der Waals surface area contributed by atoms with E-state index >= 15 is 0 Å². The van der Waals surface area contributed by atoms with Gasteiger partial charge in [0.05, 0.1) is 19.9 Å². The number of thiazole rings is 1. The summed E-state index contributed by atoms with van der Waals surface area (Å²) in [6.07, 6.45) is 1.75. The monoisotopic (exact) mass is 414 g/mol. The Bertz CT molecular complexity index is 1060. The number of methoxy groups -OCH3 is 2. The third kappa shape index (κ3) is 4.80. The van der Waals surface area contributed by atoms with Crippen LogP contribution in [-0.2, 0) is 6.54 Å². The van der Waals surface area contributed by atoms with Crippen LogP contribution in [0.5, 0.6) is 11.5 Å². The fourth-order valence-corrected chi connectivity index (χ4v) is 3.37. The molecule has 152 valence electrons. The van der Waals surface area contributed by atoms with Crippen molar-refractivity contribution >= 4 is 22.4 Å². The molecule has 0 unspecified atom stereocenters. The maximum atomic E-state index is 12.6. The molecule has 0 spiro atoms. The highest BCUT2D eigenvalue weighted by molar-refractivity contribution is 7.14. The summed E-state index contributed by atoms with van der Waals surface area (Å²) in [5.74, 6) is 0.908. The van der Waals surface area contributed by atoms with Gasteiger partial charge in [0, 0.05) is 23.6 Å². The second-order valence-electron chi connectivity index (χ2n) is 6.19. The highest BCUT2D eigenvalue weighted by Crippen LogP contribution is 2.35. The van der Waals surface area contributed by atoms with Crippen molar-refractivity contribution in [3.63, 3.8) is 0 Å². The van der Waals surface area contributed by atoms with Gasteiger partial charge in [0.1, 0.15) is 17.2 Å². The number of carbonyl (C=O) groups excluding carboxylic acids is 1. The van der Waals surface area contributed by atoms with Crippen molar-refractivity contribution in [2.24, 2.45) is 0 Å². The zero-order chi connectivity index (χ0) is 20.8. The third-order valence-corrected chi connectivity index (χ3v) is 4.99. The first-order chi connectivity index (χ1) is 14.0. The average Bonchev–Trinajstić information content (AvgIpc) is 3.20. The van der Waals surface area contributed by atoms with Gasteiger partial charge in [-0.05, 0) is 30.7 Å². The number of carbonyl (C=O) groups is 1. The molecule has 0 fully saturated rings. The third-order valence-electron chi connectivity index (χ3n) is 4.23. The molecule has 1 amide bonds. The fraction of sp³-hybridized carbons (Fsp3) is 0.300. The predicted octanol–water partition coefficient (Wildman–Crippen LogP) is 3.44. The van der Waals surface area contributed by atoms with Crippen molar-refractivity contribution < 1.29 is 14.3 Å². The minimum Gasteiger partial charge on any atom is -0.497 e. The van der Waals surface area contributed by atoms with E-state index in [0.29, 0.717) is 28.9 Å². The molecule has 3 rings (SSSR count). The lowest BCUT2D eigenvalue weighted by Crippen LogP contribution is -2.26. The number of hydrogen-bond acceptors (Lipinski definition) is 7. The van der Waals surface area contributed by atoms with Crippen LogP contribution in [0.3, 0.4) is 0 Å². The Morgan fingerprint density at radius 1 is 1.21 bits per heavy atom. The molecule has 1 aromatic carbocycles. The molecule has 0 bridgehead atoms. The lowest BCUT2D eigenvalue weighted by molar-refractivity contribution is 0.101. The Balaban J connectivity index is 1.80. The highest BCUT2D eigenvalue weighted by atomic mass is 32.1. The van der Waals surface area contributed by atoms with E-state index in [4.69, 9.17) is 9.47 Å². The SMILES string of the molecule is CCCCn1nc(C(=O)Nc2nc(-c3cc(OC)ccc3OC)cs2)ccc1=O. The first-order valence-electron chi connectivity index (χ1n) is 9.13. The number of amides is 1. The van der Waals surface area contributed by atoms with Gasteiger partial charge in [-0.1, -0.05) is 13.3 Å². The summed E-state index contributed by atoms with van der Waals surface area (Å²) in [4.78, 5) is 28.9. The summed E-state index contributed by atoms with van der Waals surface area (Å²) in [5.41, 5.74) is 1.35. The minimum absolute atomic E-state index is 0.163. The summed E-state index contributed by atoms with van der Waals surface area (Å²) >= 11 is 1.29. The number of aromatic nitrogens is 3. The summed E-state index contributed by atoms with van der Waals surface area (Å²) in [6.45, 7) is 2.51. The predicted molar refractivity (Wildman–Crippen MR) is 112 cm³/mol. The zero-order valence-corrected chi connectivity index (χ0v) is 17.3. The van der Waals surface area contributed by atoms with E-state index in [9.17, 15) is 9.59 Å². The number of benzene rings is 1. The van der Waals surface area contributed by atoms with Crippen molar-refractivity contribution in [1.29, 1.82) is 0 Å². The molecule has 0 radical (unpaired) electrons. The Labute approximate surface area is 172 Å². The van der Waals surface area contributed by atoms with Crippen LogP contribution >= 0.6 is 11.3 Å². The second kappa shape index (κ2) is 9.33. The normalized spacial score (nSPS) is 10.6. The van der Waals surface area contributed by atoms with E-state index in [0.717, 1.165) is 18.4 Å². The Morgan fingerprint density at radius 2 is 2.03 bits per heavy atom. The lowest BCUT2D eigenvalue weighted by atomic mass is 10.1. The topological polar surface area (TPSA) is 95.3 Å². The molecule has 2 heterocycles. The van der Waals surface area contributed by atoms with Gasteiger partial charge in [0.25, 0.3) is 11.5 Å².